The van der Waals surface area contributed by atoms with Gasteiger partial charge in [-0.25, -0.2) is 0 Å². The maximum absolute atomic E-state index is 13.2. The Morgan fingerprint density at radius 3 is 2.59 bits per heavy atom. The first kappa shape index (κ1) is 19.6. The number of carbonyl (C=O) groups excluding carboxylic acids is 2. The van der Waals surface area contributed by atoms with Crippen molar-refractivity contribution in [1.82, 2.24) is 15.1 Å². The summed E-state index contributed by atoms with van der Waals surface area (Å²) in [6.45, 7) is 7.60. The van der Waals surface area contributed by atoms with E-state index in [0.717, 1.165) is 30.1 Å². The monoisotopic (exact) mass is 385 g/mol. The second-order valence-corrected chi connectivity index (χ2v) is 7.74. The molecular formula is C21H27N3O2S. The van der Waals surface area contributed by atoms with Crippen molar-refractivity contribution >= 4 is 23.2 Å². The first-order valence-electron chi connectivity index (χ1n) is 9.48. The normalized spacial score (nSPS) is 19.3. The average Bonchev–Trinajstić information content (AvgIpc) is 3.22. The number of carbonyl (C=O) groups is 2. The van der Waals surface area contributed by atoms with Crippen molar-refractivity contribution in [2.24, 2.45) is 0 Å². The number of nitrogens with one attached hydrogen (secondary N) is 1. The van der Waals surface area contributed by atoms with Gasteiger partial charge in [-0.05, 0) is 36.2 Å². The Bertz CT molecular complexity index is 786. The lowest BCUT2D eigenvalue weighted by Gasteiger charge is -2.39. The third-order valence-corrected chi connectivity index (χ3v) is 6.26. The highest BCUT2D eigenvalue weighted by Gasteiger charge is 2.42. The molecule has 2 amide bonds. The average molecular weight is 386 g/mol. The lowest BCUT2D eigenvalue weighted by Crippen LogP contribution is -2.46. The SMILES string of the molecule is CCN(CC)CCNC(=O)[C@@H]1c2ccccc2C(=O)N(C)[C@H]1c1cccs1. The fraction of sp³-hybridized carbons (Fsp3) is 0.429. The fourth-order valence-corrected chi connectivity index (χ4v) is 4.66. The largest absolute Gasteiger partial charge is 0.354 e. The highest BCUT2D eigenvalue weighted by molar-refractivity contribution is 7.10. The Kier molecular flexibility index (Phi) is 6.29. The molecule has 2 atom stereocenters. The molecule has 144 valence electrons. The number of thiophene rings is 1. The van der Waals surface area contributed by atoms with E-state index in [1.54, 1.807) is 23.3 Å². The van der Waals surface area contributed by atoms with Gasteiger partial charge in [-0.15, -0.1) is 11.3 Å². The molecule has 1 aromatic carbocycles. The Morgan fingerprint density at radius 2 is 1.93 bits per heavy atom. The van der Waals surface area contributed by atoms with E-state index in [-0.39, 0.29) is 17.9 Å². The van der Waals surface area contributed by atoms with Crippen molar-refractivity contribution in [1.29, 1.82) is 0 Å². The van der Waals surface area contributed by atoms with Gasteiger partial charge >= 0.3 is 0 Å². The molecule has 2 aromatic rings. The minimum atomic E-state index is -0.403. The van der Waals surface area contributed by atoms with Crippen molar-refractivity contribution in [3.8, 4) is 0 Å². The van der Waals surface area contributed by atoms with Gasteiger partial charge in [0.1, 0.15) is 0 Å². The number of rotatable bonds is 7. The van der Waals surface area contributed by atoms with Crippen molar-refractivity contribution in [3.05, 3.63) is 57.8 Å². The van der Waals surface area contributed by atoms with E-state index in [9.17, 15) is 9.59 Å². The maximum Gasteiger partial charge on any atom is 0.254 e. The van der Waals surface area contributed by atoms with Crippen LogP contribution in [0.1, 0.15) is 46.6 Å². The third kappa shape index (κ3) is 3.92. The molecule has 0 unspecified atom stereocenters. The summed E-state index contributed by atoms with van der Waals surface area (Å²) in [7, 11) is 1.79. The van der Waals surface area contributed by atoms with Gasteiger partial charge in [0, 0.05) is 30.6 Å². The second kappa shape index (κ2) is 8.67. The van der Waals surface area contributed by atoms with E-state index in [0.29, 0.717) is 12.1 Å². The summed E-state index contributed by atoms with van der Waals surface area (Å²) in [5.41, 5.74) is 1.44. The molecule has 1 aliphatic rings. The van der Waals surface area contributed by atoms with E-state index in [1.807, 2.05) is 41.8 Å². The molecule has 1 aromatic heterocycles. The molecule has 2 heterocycles. The zero-order valence-corrected chi connectivity index (χ0v) is 17.0. The summed E-state index contributed by atoms with van der Waals surface area (Å²) in [6.07, 6.45) is 0. The van der Waals surface area contributed by atoms with Crippen molar-refractivity contribution in [3.63, 3.8) is 0 Å². The number of amides is 2. The van der Waals surface area contributed by atoms with Gasteiger partial charge in [0.05, 0.1) is 12.0 Å². The minimum absolute atomic E-state index is 0.0210. The van der Waals surface area contributed by atoms with Crippen molar-refractivity contribution in [2.75, 3.05) is 33.2 Å². The zero-order chi connectivity index (χ0) is 19.4. The van der Waals surface area contributed by atoms with Crippen LogP contribution in [-0.2, 0) is 4.79 Å². The predicted molar refractivity (Wildman–Crippen MR) is 109 cm³/mol. The van der Waals surface area contributed by atoms with Crippen LogP contribution in [0.2, 0.25) is 0 Å². The zero-order valence-electron chi connectivity index (χ0n) is 16.1. The number of nitrogens with zero attached hydrogens (tertiary/aromatic N) is 2. The number of likely N-dealkylation sites (N-methyl/N-ethyl adjacent to an activating group) is 2. The quantitative estimate of drug-likeness (QED) is 0.797. The van der Waals surface area contributed by atoms with Crippen LogP contribution in [0.3, 0.4) is 0 Å². The van der Waals surface area contributed by atoms with Crippen LogP contribution >= 0.6 is 11.3 Å². The molecule has 0 bridgehead atoms. The molecule has 1 N–H and O–H groups in total. The Hall–Kier alpha value is -2.18. The molecule has 0 fully saturated rings. The standard InChI is InChI=1S/C21H27N3O2S/c1-4-24(5-2)13-12-22-20(25)18-15-9-6-7-10-16(15)21(26)23(3)19(18)17-11-8-14-27-17/h6-11,14,18-19H,4-5,12-13H2,1-3H3,(H,22,25)/t18-,19+/m1/s1. The molecule has 5 nitrogen and oxygen atoms in total. The number of hydrogen-bond donors (Lipinski definition) is 1. The number of fused-ring (bicyclic) bond motifs is 1. The Labute approximate surface area is 165 Å². The van der Waals surface area contributed by atoms with Crippen LogP contribution < -0.4 is 5.32 Å². The van der Waals surface area contributed by atoms with Crippen LogP contribution in [0.5, 0.6) is 0 Å². The van der Waals surface area contributed by atoms with Gasteiger partial charge in [0.15, 0.2) is 0 Å². The molecule has 0 spiro atoms. The van der Waals surface area contributed by atoms with Gasteiger partial charge in [-0.2, -0.15) is 0 Å². The number of hydrogen-bond acceptors (Lipinski definition) is 4. The molecule has 0 saturated carbocycles. The maximum atomic E-state index is 13.2. The molecule has 27 heavy (non-hydrogen) atoms. The smallest absolute Gasteiger partial charge is 0.254 e. The third-order valence-electron chi connectivity index (χ3n) is 5.32. The topological polar surface area (TPSA) is 52.7 Å². The van der Waals surface area contributed by atoms with E-state index in [2.05, 4.69) is 24.1 Å². The van der Waals surface area contributed by atoms with Gasteiger partial charge in [0.2, 0.25) is 5.91 Å². The summed E-state index contributed by atoms with van der Waals surface area (Å²) < 4.78 is 0. The molecule has 0 aliphatic carbocycles. The van der Waals surface area contributed by atoms with Gasteiger partial charge in [0.25, 0.3) is 5.91 Å². The summed E-state index contributed by atoms with van der Waals surface area (Å²) in [4.78, 5) is 31.1. The lowest BCUT2D eigenvalue weighted by molar-refractivity contribution is -0.124. The first-order valence-corrected chi connectivity index (χ1v) is 10.4. The molecule has 6 heteroatoms. The number of benzene rings is 1. The molecule has 0 saturated heterocycles. The predicted octanol–water partition coefficient (Wildman–Crippen LogP) is 3.12. The van der Waals surface area contributed by atoms with Crippen LogP contribution in [0, 0.1) is 0 Å². The molecule has 1 aliphatic heterocycles. The summed E-state index contributed by atoms with van der Waals surface area (Å²) in [5, 5.41) is 5.10. The molecular weight excluding hydrogens is 358 g/mol. The lowest BCUT2D eigenvalue weighted by atomic mass is 9.82. The highest BCUT2D eigenvalue weighted by atomic mass is 32.1. The summed E-state index contributed by atoms with van der Waals surface area (Å²) in [5.74, 6) is -0.456. The Balaban J connectivity index is 1.89. The fourth-order valence-electron chi connectivity index (χ4n) is 3.76. The van der Waals surface area contributed by atoms with Crippen molar-refractivity contribution in [2.45, 2.75) is 25.8 Å². The first-order chi connectivity index (χ1) is 13.1. The van der Waals surface area contributed by atoms with Crippen LogP contribution in [0.4, 0.5) is 0 Å². The van der Waals surface area contributed by atoms with Gasteiger partial charge in [-0.1, -0.05) is 38.1 Å². The van der Waals surface area contributed by atoms with Gasteiger partial charge < -0.3 is 15.1 Å². The second-order valence-electron chi connectivity index (χ2n) is 6.76. The van der Waals surface area contributed by atoms with Crippen molar-refractivity contribution < 1.29 is 9.59 Å². The minimum Gasteiger partial charge on any atom is -0.354 e. The van der Waals surface area contributed by atoms with Crippen LogP contribution in [-0.4, -0.2) is 54.8 Å². The molecule has 3 rings (SSSR count). The summed E-state index contributed by atoms with van der Waals surface area (Å²) in [6, 6.07) is 11.2. The summed E-state index contributed by atoms with van der Waals surface area (Å²) >= 11 is 1.58. The van der Waals surface area contributed by atoms with E-state index < -0.39 is 5.92 Å². The van der Waals surface area contributed by atoms with E-state index >= 15 is 0 Å². The molecule has 0 radical (unpaired) electrons. The Morgan fingerprint density at radius 1 is 1.19 bits per heavy atom. The van der Waals surface area contributed by atoms with Crippen LogP contribution in [0.15, 0.2) is 41.8 Å². The highest BCUT2D eigenvalue weighted by Crippen LogP contribution is 2.43. The van der Waals surface area contributed by atoms with E-state index in [1.165, 1.54) is 0 Å². The van der Waals surface area contributed by atoms with Crippen LogP contribution in [0.25, 0.3) is 0 Å². The van der Waals surface area contributed by atoms with Gasteiger partial charge in [-0.3, -0.25) is 9.59 Å². The van der Waals surface area contributed by atoms with E-state index in [4.69, 9.17) is 0 Å².